The lowest BCUT2D eigenvalue weighted by atomic mass is 9.84. The molecule has 0 aliphatic rings. The van der Waals surface area contributed by atoms with E-state index in [1.807, 2.05) is 24.3 Å². The van der Waals surface area contributed by atoms with E-state index in [0.29, 0.717) is 22.9 Å². The van der Waals surface area contributed by atoms with Crippen molar-refractivity contribution in [1.29, 1.82) is 0 Å². The van der Waals surface area contributed by atoms with Gasteiger partial charge < -0.3 is 19.5 Å². The first-order chi connectivity index (χ1) is 17.3. The standard InChI is InChI=1S/C28H34N4O5/c1-27(2,3)20-14-18(19-10-9-13-29-25(19)36-8)15-21(23(20)35-7)31-24(33)17-11-12-22(30-16-17)32-26(34)37-28(4,5)6/h9-16H,1-8H3,(H,31,33)(H,30,32,34). The number of anilines is 2. The molecule has 3 rings (SSSR count). The van der Waals surface area contributed by atoms with Crippen LogP contribution >= 0.6 is 0 Å². The molecule has 0 aliphatic heterocycles. The van der Waals surface area contributed by atoms with Crippen molar-refractivity contribution in [2.24, 2.45) is 0 Å². The maximum Gasteiger partial charge on any atom is 0.413 e. The van der Waals surface area contributed by atoms with Crippen molar-refractivity contribution in [3.05, 3.63) is 59.9 Å². The van der Waals surface area contributed by atoms with Crippen LogP contribution in [-0.2, 0) is 10.2 Å². The van der Waals surface area contributed by atoms with Crippen LogP contribution in [0, 0.1) is 0 Å². The van der Waals surface area contributed by atoms with Gasteiger partial charge in [-0.15, -0.1) is 0 Å². The quantitative estimate of drug-likeness (QED) is 0.418. The summed E-state index contributed by atoms with van der Waals surface area (Å²) in [5.41, 5.74) is 2.39. The maximum absolute atomic E-state index is 13.2. The number of hydrogen-bond acceptors (Lipinski definition) is 7. The van der Waals surface area contributed by atoms with Crippen LogP contribution in [0.25, 0.3) is 11.1 Å². The summed E-state index contributed by atoms with van der Waals surface area (Å²) < 4.78 is 16.4. The van der Waals surface area contributed by atoms with Crippen LogP contribution in [0.4, 0.5) is 16.3 Å². The SMILES string of the molecule is COc1ncccc1-c1cc(NC(=O)c2ccc(NC(=O)OC(C)(C)C)nc2)c(OC)c(C(C)(C)C)c1. The zero-order valence-corrected chi connectivity index (χ0v) is 22.6. The number of carbonyl (C=O) groups is 2. The highest BCUT2D eigenvalue weighted by Crippen LogP contribution is 2.42. The van der Waals surface area contributed by atoms with Crippen LogP contribution in [0.2, 0.25) is 0 Å². The predicted molar refractivity (Wildman–Crippen MR) is 144 cm³/mol. The number of rotatable bonds is 6. The second kappa shape index (κ2) is 10.9. The van der Waals surface area contributed by atoms with Gasteiger partial charge in [-0.05, 0) is 68.1 Å². The molecule has 0 bridgehead atoms. The number of benzene rings is 1. The number of nitrogens with zero attached hydrogens (tertiary/aromatic N) is 2. The molecular weight excluding hydrogens is 472 g/mol. The summed E-state index contributed by atoms with van der Waals surface area (Å²) in [6, 6.07) is 10.7. The first-order valence-corrected chi connectivity index (χ1v) is 11.8. The number of pyridine rings is 2. The molecule has 0 fully saturated rings. The third-order valence-corrected chi connectivity index (χ3v) is 5.28. The van der Waals surface area contributed by atoms with E-state index in [2.05, 4.69) is 41.4 Å². The molecule has 0 atom stereocenters. The molecule has 2 heterocycles. The third-order valence-electron chi connectivity index (χ3n) is 5.28. The fourth-order valence-corrected chi connectivity index (χ4v) is 3.63. The highest BCUT2D eigenvalue weighted by Gasteiger charge is 2.25. The van der Waals surface area contributed by atoms with Crippen molar-refractivity contribution in [3.8, 4) is 22.8 Å². The summed E-state index contributed by atoms with van der Waals surface area (Å²) in [5.74, 6) is 0.916. The molecule has 196 valence electrons. The molecule has 0 unspecified atom stereocenters. The zero-order valence-electron chi connectivity index (χ0n) is 22.6. The molecule has 0 spiro atoms. The monoisotopic (exact) mass is 506 g/mol. The maximum atomic E-state index is 13.2. The average Bonchev–Trinajstić information content (AvgIpc) is 2.82. The van der Waals surface area contributed by atoms with Crippen LogP contribution in [0.15, 0.2) is 48.8 Å². The van der Waals surface area contributed by atoms with E-state index < -0.39 is 11.7 Å². The van der Waals surface area contributed by atoms with Gasteiger partial charge in [0.25, 0.3) is 5.91 Å². The van der Waals surface area contributed by atoms with Gasteiger partial charge in [0.2, 0.25) is 5.88 Å². The number of aromatic nitrogens is 2. The van der Waals surface area contributed by atoms with Gasteiger partial charge in [0.05, 0.1) is 25.5 Å². The zero-order chi connectivity index (χ0) is 27.4. The van der Waals surface area contributed by atoms with Gasteiger partial charge in [-0.1, -0.05) is 20.8 Å². The van der Waals surface area contributed by atoms with E-state index in [9.17, 15) is 9.59 Å². The van der Waals surface area contributed by atoms with Crippen molar-refractivity contribution in [2.45, 2.75) is 52.6 Å². The second-order valence-corrected chi connectivity index (χ2v) is 10.4. The van der Waals surface area contributed by atoms with Crippen LogP contribution < -0.4 is 20.1 Å². The van der Waals surface area contributed by atoms with Gasteiger partial charge in [-0.2, -0.15) is 0 Å². The summed E-state index contributed by atoms with van der Waals surface area (Å²) >= 11 is 0. The molecule has 3 aromatic rings. The highest BCUT2D eigenvalue weighted by molar-refractivity contribution is 6.05. The Hall–Kier alpha value is -4.14. The third kappa shape index (κ3) is 6.97. The van der Waals surface area contributed by atoms with Crippen molar-refractivity contribution in [3.63, 3.8) is 0 Å². The molecule has 0 saturated carbocycles. The van der Waals surface area contributed by atoms with E-state index >= 15 is 0 Å². The summed E-state index contributed by atoms with van der Waals surface area (Å²) in [6.07, 6.45) is 2.42. The second-order valence-electron chi connectivity index (χ2n) is 10.4. The van der Waals surface area contributed by atoms with Gasteiger partial charge >= 0.3 is 6.09 Å². The first kappa shape index (κ1) is 27.4. The van der Waals surface area contributed by atoms with Gasteiger partial charge in [0, 0.05) is 23.5 Å². The highest BCUT2D eigenvalue weighted by atomic mass is 16.6. The van der Waals surface area contributed by atoms with E-state index in [0.717, 1.165) is 16.7 Å². The molecule has 9 nitrogen and oxygen atoms in total. The Morgan fingerprint density at radius 3 is 2.19 bits per heavy atom. The minimum Gasteiger partial charge on any atom is -0.494 e. The van der Waals surface area contributed by atoms with E-state index in [4.69, 9.17) is 14.2 Å². The fraction of sp³-hybridized carbons (Fsp3) is 0.357. The van der Waals surface area contributed by atoms with E-state index in [1.165, 1.54) is 12.3 Å². The number of methoxy groups -OCH3 is 2. The van der Waals surface area contributed by atoms with Gasteiger partial charge in [0.1, 0.15) is 17.2 Å². The summed E-state index contributed by atoms with van der Waals surface area (Å²) in [4.78, 5) is 33.6. The number of amides is 2. The summed E-state index contributed by atoms with van der Waals surface area (Å²) in [5, 5.41) is 5.50. The van der Waals surface area contributed by atoms with Crippen LogP contribution in [-0.4, -0.2) is 41.8 Å². The molecule has 9 heteroatoms. The van der Waals surface area contributed by atoms with Gasteiger partial charge in [-0.3, -0.25) is 10.1 Å². The molecule has 1 aromatic carbocycles. The summed E-state index contributed by atoms with van der Waals surface area (Å²) in [6.45, 7) is 11.5. The lowest BCUT2D eigenvalue weighted by Gasteiger charge is -2.25. The molecule has 2 N–H and O–H groups in total. The molecule has 2 aromatic heterocycles. The molecule has 2 amide bonds. The number of carbonyl (C=O) groups excluding carboxylic acids is 2. The van der Waals surface area contributed by atoms with Crippen LogP contribution in [0.3, 0.4) is 0 Å². The number of hydrogen-bond donors (Lipinski definition) is 2. The Kier molecular flexibility index (Phi) is 8.06. The van der Waals surface area contributed by atoms with Gasteiger partial charge in [-0.25, -0.2) is 14.8 Å². The Morgan fingerprint density at radius 1 is 0.892 bits per heavy atom. The van der Waals surface area contributed by atoms with E-state index in [1.54, 1.807) is 47.3 Å². The van der Waals surface area contributed by atoms with E-state index in [-0.39, 0.29) is 17.1 Å². The predicted octanol–water partition coefficient (Wildman–Crippen LogP) is 6.06. The number of nitrogens with one attached hydrogen (secondary N) is 2. The summed E-state index contributed by atoms with van der Waals surface area (Å²) in [7, 11) is 3.14. The molecule has 0 saturated heterocycles. The van der Waals surface area contributed by atoms with Crippen LogP contribution in [0.5, 0.6) is 11.6 Å². The van der Waals surface area contributed by atoms with Crippen molar-refractivity contribution in [2.75, 3.05) is 24.9 Å². The number of ether oxygens (including phenoxy) is 3. The average molecular weight is 507 g/mol. The Balaban J connectivity index is 1.94. The molecule has 0 aliphatic carbocycles. The Labute approximate surface area is 217 Å². The van der Waals surface area contributed by atoms with Crippen molar-refractivity contribution >= 4 is 23.5 Å². The smallest absolute Gasteiger partial charge is 0.413 e. The van der Waals surface area contributed by atoms with Crippen molar-refractivity contribution in [1.82, 2.24) is 9.97 Å². The lowest BCUT2D eigenvalue weighted by molar-refractivity contribution is 0.0635. The Bertz CT molecular complexity index is 1280. The first-order valence-electron chi connectivity index (χ1n) is 11.8. The van der Waals surface area contributed by atoms with Gasteiger partial charge in [0.15, 0.2) is 0 Å². The molecule has 0 radical (unpaired) electrons. The van der Waals surface area contributed by atoms with Crippen molar-refractivity contribution < 1.29 is 23.8 Å². The topological polar surface area (TPSA) is 112 Å². The molecule has 37 heavy (non-hydrogen) atoms. The minimum absolute atomic E-state index is 0.268. The largest absolute Gasteiger partial charge is 0.494 e. The fourth-order valence-electron chi connectivity index (χ4n) is 3.63. The minimum atomic E-state index is -0.636. The molecular formula is C28H34N4O5. The lowest BCUT2D eigenvalue weighted by Crippen LogP contribution is -2.27. The normalized spacial score (nSPS) is 11.5. The Morgan fingerprint density at radius 2 is 1.62 bits per heavy atom. The van der Waals surface area contributed by atoms with Crippen LogP contribution in [0.1, 0.15) is 57.5 Å².